The number of carbonyl (C=O) groups is 2. The van der Waals surface area contributed by atoms with Gasteiger partial charge >= 0.3 is 5.97 Å². The first-order chi connectivity index (χ1) is 29.5. The number of esters is 1. The topological polar surface area (TPSA) is 147 Å². The molecule has 1 N–H and O–H groups in total. The zero-order valence-electron chi connectivity index (χ0n) is 36.2. The van der Waals surface area contributed by atoms with Gasteiger partial charge in [-0.25, -0.2) is 0 Å². The third-order valence-corrected chi connectivity index (χ3v) is 15.7. The molecule has 22 atom stereocenters. The predicted octanol–water partition coefficient (Wildman–Crippen LogP) is 5.56. The molecule has 0 bridgehead atoms. The fraction of sp³-hybridized carbons (Fsp3) is 0.833. The molecule has 61 heavy (non-hydrogen) atoms. The summed E-state index contributed by atoms with van der Waals surface area (Å²) in [5.41, 5.74) is -0.0105. The van der Waals surface area contributed by atoms with Crippen molar-refractivity contribution in [3.05, 3.63) is 36.5 Å². The van der Waals surface area contributed by atoms with E-state index in [0.717, 1.165) is 57.7 Å². The van der Waals surface area contributed by atoms with Crippen LogP contribution in [0.15, 0.2) is 36.5 Å². The van der Waals surface area contributed by atoms with E-state index in [2.05, 4.69) is 51.7 Å². The van der Waals surface area contributed by atoms with E-state index in [1.54, 1.807) is 0 Å². The van der Waals surface area contributed by atoms with Gasteiger partial charge in [0, 0.05) is 32.1 Å². The maximum atomic E-state index is 12.3. The molecule has 10 aliphatic rings. The standard InChI is InChI=1S/C48H68O13/c1-25-16-36-41(22-45(51)58-36)57-44-21-40-42(61-48(44,4)23-25)17-27(3)46-35(56-40)10-6-5-9-30-33(59-46)13-7-12-32-31(53-30)11-8-14-34-37(54-32)19-39-38(55-34)20-43-47(60-39)29(50)18-28(52-43)15-26(2)24-49/h5-7,12,24-25,27-44,46-47,50H,2,8-11,13-23H2,1,3-4H3/b6-5-,12-7-. The number of ether oxygens (including phenoxy) is 10. The van der Waals surface area contributed by atoms with Crippen LogP contribution in [0.4, 0.5) is 0 Å². The van der Waals surface area contributed by atoms with Gasteiger partial charge in [0.25, 0.3) is 0 Å². The number of rotatable bonds is 3. The first-order valence-corrected chi connectivity index (χ1v) is 23.7. The van der Waals surface area contributed by atoms with E-state index in [1.165, 1.54) is 0 Å². The third-order valence-electron chi connectivity index (χ3n) is 15.7. The van der Waals surface area contributed by atoms with Crippen molar-refractivity contribution in [2.24, 2.45) is 11.8 Å². The molecule has 0 aromatic rings. The highest BCUT2D eigenvalue weighted by Gasteiger charge is 2.56. The quantitative estimate of drug-likeness (QED) is 0.164. The fourth-order valence-corrected chi connectivity index (χ4v) is 12.8. The number of fused-ring (bicyclic) bond motifs is 9. The Hall–Kier alpha value is -2.04. The summed E-state index contributed by atoms with van der Waals surface area (Å²) in [6.45, 7) is 10.5. The second-order valence-corrected chi connectivity index (χ2v) is 20.5. The Bertz CT molecular complexity index is 1670. The monoisotopic (exact) mass is 852 g/mol. The molecule has 0 amide bonds. The molecule has 8 fully saturated rings. The SMILES string of the molecule is C=C(C=O)CC1CC(O)C2OC3CC4OC5/C=C\CC6OC7C(C)CC8OC9(C)CC(C)CC%10OC(=O)CC%10OC9CC8OC7C/C=C\CC6OC5CCCC4OC3CC2O1. The molecule has 0 aromatic heterocycles. The van der Waals surface area contributed by atoms with Crippen molar-refractivity contribution in [3.63, 3.8) is 0 Å². The first kappa shape index (κ1) is 42.9. The van der Waals surface area contributed by atoms with Crippen LogP contribution in [-0.2, 0) is 57.0 Å². The van der Waals surface area contributed by atoms with Crippen LogP contribution in [0, 0.1) is 11.8 Å². The lowest BCUT2D eigenvalue weighted by Gasteiger charge is -2.52. The second kappa shape index (κ2) is 17.7. The van der Waals surface area contributed by atoms with Gasteiger partial charge in [-0.1, -0.05) is 44.7 Å². The average Bonchev–Trinajstić information content (AvgIpc) is 3.52. The smallest absolute Gasteiger partial charge is 0.308 e. The van der Waals surface area contributed by atoms with Crippen LogP contribution < -0.4 is 0 Å². The van der Waals surface area contributed by atoms with Gasteiger partial charge in [0.15, 0.2) is 0 Å². The van der Waals surface area contributed by atoms with Crippen molar-refractivity contribution >= 4 is 12.3 Å². The van der Waals surface area contributed by atoms with E-state index in [9.17, 15) is 14.7 Å². The Balaban J connectivity index is 0.805. The molecule has 13 nitrogen and oxygen atoms in total. The second-order valence-electron chi connectivity index (χ2n) is 20.5. The minimum absolute atomic E-state index is 0.0705. The van der Waals surface area contributed by atoms with Crippen LogP contribution in [-0.4, -0.2) is 139 Å². The first-order valence-electron chi connectivity index (χ1n) is 23.7. The Kier molecular flexibility index (Phi) is 12.5. The Morgan fingerprint density at radius 1 is 0.705 bits per heavy atom. The van der Waals surface area contributed by atoms with Gasteiger partial charge in [0.1, 0.15) is 30.7 Å². The molecule has 22 unspecified atom stereocenters. The van der Waals surface area contributed by atoms with E-state index in [0.29, 0.717) is 56.4 Å². The Labute approximate surface area is 360 Å². The molecule has 10 heterocycles. The molecule has 0 aromatic carbocycles. The summed E-state index contributed by atoms with van der Waals surface area (Å²) >= 11 is 0. The maximum Gasteiger partial charge on any atom is 0.308 e. The van der Waals surface area contributed by atoms with Crippen molar-refractivity contribution in [1.82, 2.24) is 0 Å². The molecule has 0 spiro atoms. The van der Waals surface area contributed by atoms with Crippen LogP contribution in [0.5, 0.6) is 0 Å². The third kappa shape index (κ3) is 8.88. The maximum absolute atomic E-state index is 12.3. The van der Waals surface area contributed by atoms with Crippen LogP contribution in [0.25, 0.3) is 0 Å². The lowest BCUT2D eigenvalue weighted by Crippen LogP contribution is -2.62. The summed E-state index contributed by atoms with van der Waals surface area (Å²) < 4.78 is 67.6. The number of hydrogen-bond donors (Lipinski definition) is 1. The summed E-state index contributed by atoms with van der Waals surface area (Å²) in [7, 11) is 0. The highest BCUT2D eigenvalue weighted by Crippen LogP contribution is 2.47. The number of aldehydes is 1. The van der Waals surface area contributed by atoms with E-state index >= 15 is 0 Å². The van der Waals surface area contributed by atoms with Crippen LogP contribution in [0.3, 0.4) is 0 Å². The minimum Gasteiger partial charge on any atom is -0.459 e. The van der Waals surface area contributed by atoms with Crippen molar-refractivity contribution < 1.29 is 62.1 Å². The van der Waals surface area contributed by atoms with Gasteiger partial charge < -0.3 is 52.5 Å². The van der Waals surface area contributed by atoms with Crippen LogP contribution in [0.2, 0.25) is 0 Å². The van der Waals surface area contributed by atoms with Gasteiger partial charge in [-0.05, 0) is 82.1 Å². The molecule has 10 aliphatic heterocycles. The van der Waals surface area contributed by atoms with Gasteiger partial charge in [0.2, 0.25) is 0 Å². The van der Waals surface area contributed by atoms with Crippen molar-refractivity contribution in [2.45, 2.75) is 239 Å². The lowest BCUT2D eigenvalue weighted by atomic mass is 9.78. The van der Waals surface area contributed by atoms with E-state index < -0.39 is 17.8 Å². The summed E-state index contributed by atoms with van der Waals surface area (Å²) in [4.78, 5) is 23.5. The highest BCUT2D eigenvalue weighted by atomic mass is 16.6. The lowest BCUT2D eigenvalue weighted by molar-refractivity contribution is -0.297. The van der Waals surface area contributed by atoms with Crippen LogP contribution in [0.1, 0.15) is 117 Å². The zero-order valence-corrected chi connectivity index (χ0v) is 36.2. The van der Waals surface area contributed by atoms with Crippen molar-refractivity contribution in [3.8, 4) is 0 Å². The van der Waals surface area contributed by atoms with Gasteiger partial charge in [-0.15, -0.1) is 0 Å². The number of aliphatic hydroxyl groups excluding tert-OH is 1. The van der Waals surface area contributed by atoms with E-state index in [-0.39, 0.29) is 116 Å². The molecule has 13 heteroatoms. The van der Waals surface area contributed by atoms with Gasteiger partial charge in [0.05, 0.1) is 104 Å². The summed E-state index contributed by atoms with van der Waals surface area (Å²) in [5.74, 6) is 0.344. The molecule has 338 valence electrons. The largest absolute Gasteiger partial charge is 0.459 e. The van der Waals surface area contributed by atoms with Crippen LogP contribution >= 0.6 is 0 Å². The summed E-state index contributed by atoms with van der Waals surface area (Å²) in [5, 5.41) is 11.1. The average molecular weight is 853 g/mol. The molecule has 0 radical (unpaired) electrons. The molecule has 8 saturated heterocycles. The number of carbonyl (C=O) groups excluding carboxylic acids is 2. The molecular weight excluding hydrogens is 785 g/mol. The highest BCUT2D eigenvalue weighted by molar-refractivity contribution is 5.72. The Morgan fingerprint density at radius 2 is 1.39 bits per heavy atom. The molecule has 10 rings (SSSR count). The van der Waals surface area contributed by atoms with E-state index in [4.69, 9.17) is 47.4 Å². The van der Waals surface area contributed by atoms with Crippen molar-refractivity contribution in [2.75, 3.05) is 0 Å². The van der Waals surface area contributed by atoms with E-state index in [1.807, 2.05) is 0 Å². The molecular formula is C48H68O13. The molecule has 0 aliphatic carbocycles. The zero-order chi connectivity index (χ0) is 42.0. The summed E-state index contributed by atoms with van der Waals surface area (Å²) in [6.07, 6.45) is 15.9. The molecule has 0 saturated carbocycles. The Morgan fingerprint density at radius 3 is 2.25 bits per heavy atom. The van der Waals surface area contributed by atoms with Gasteiger partial charge in [-0.2, -0.15) is 0 Å². The minimum atomic E-state index is -0.686. The predicted molar refractivity (Wildman–Crippen MR) is 220 cm³/mol. The van der Waals surface area contributed by atoms with Gasteiger partial charge in [-0.3, -0.25) is 9.59 Å². The number of aliphatic hydroxyl groups is 1. The fourth-order valence-electron chi connectivity index (χ4n) is 12.8. The number of hydrogen-bond acceptors (Lipinski definition) is 13. The summed E-state index contributed by atoms with van der Waals surface area (Å²) in [6, 6.07) is 0. The normalized spacial score (nSPS) is 53.2. The van der Waals surface area contributed by atoms with Crippen molar-refractivity contribution in [1.29, 1.82) is 0 Å².